The fourth-order valence-corrected chi connectivity index (χ4v) is 7.25. The van der Waals surface area contributed by atoms with Crippen LogP contribution in [-0.4, -0.2) is 128 Å². The van der Waals surface area contributed by atoms with Crippen LogP contribution in [0.3, 0.4) is 0 Å². The van der Waals surface area contributed by atoms with Gasteiger partial charge in [0.05, 0.1) is 5.56 Å². The molecule has 0 bridgehead atoms. The molecular weight excluding hydrogens is 971 g/mol. The number of benzene rings is 3. The van der Waals surface area contributed by atoms with Gasteiger partial charge < -0.3 is 62.8 Å². The summed E-state index contributed by atoms with van der Waals surface area (Å²) in [4.78, 5) is 139. The molecule has 25 nitrogen and oxygen atoms in total. The standard InChI is InChI=1S/C49H57N9O16/c50-38-18-14-32(26-52-38)43(66)54-34(16-20-40(61)62)46(69)55-33(15-19-39(59)60)44(67)53-25-27-8-12-30(13-9-27)42(65)56-37(24-28-10-11-29-5-1-2-6-31(29)23-28)45(68)51-22-4-3-7-35(47(70)71)57-49(74)58-36(48(72)73)17-21-41(63)64/h1-2,5-6,8-14,18,23,26,33-37H,3-4,7,15-17,19-22,24-25H2,(H2,50,52)(H,51,68)(H,53,67)(H,54,66)(H,55,69)(H,56,65)(H,59,60)(H,61,62)(H,63,64)(H,70,71)(H,72,73)(H2,57,58,74)/p+1/t33?,34?,35?,36-,37?/m0/s1. The summed E-state index contributed by atoms with van der Waals surface area (Å²) in [6.07, 6.45) is -1.18. The number of unbranched alkanes of at least 4 members (excludes halogenated alkanes) is 1. The highest BCUT2D eigenvalue weighted by molar-refractivity contribution is 5.99. The number of hydrogen-bond donors (Lipinski definition) is 13. The van der Waals surface area contributed by atoms with Gasteiger partial charge in [-0.3, -0.25) is 44.1 Å². The van der Waals surface area contributed by atoms with Gasteiger partial charge in [0.2, 0.25) is 17.7 Å². The number of aromatic nitrogens is 1. The number of anilines is 1. The SMILES string of the molecule is Nc1ccc(C(=O)NC(CCC(=O)O)C(=O)NC(CCC(=O)O)C(=O)NCc2ccc(C(=O)NC(Cc3ccc4ccccc4c3)C(=O)NCCCCC(NC(=O)N[C@@H](CCC(=O)O)C(=O)O)C(=O)O)cc2)c[nH+]1. The number of carboxylic acids is 5. The maximum atomic E-state index is 13.7. The van der Waals surface area contributed by atoms with Crippen LogP contribution in [0, 0.1) is 0 Å². The number of carbonyl (C=O) groups excluding carboxylic acids is 6. The van der Waals surface area contributed by atoms with Crippen molar-refractivity contribution in [3.8, 4) is 0 Å². The normalized spacial score (nSPS) is 12.8. The van der Waals surface area contributed by atoms with Crippen molar-refractivity contribution in [3.05, 3.63) is 107 Å². The first-order chi connectivity index (χ1) is 35.2. The van der Waals surface area contributed by atoms with Crippen LogP contribution < -0.4 is 47.9 Å². The van der Waals surface area contributed by atoms with Crippen molar-refractivity contribution in [1.29, 1.82) is 0 Å². The van der Waals surface area contributed by atoms with E-state index < -0.39 is 121 Å². The van der Waals surface area contributed by atoms with Gasteiger partial charge in [-0.25, -0.2) is 19.4 Å². The second-order valence-corrected chi connectivity index (χ2v) is 16.9. The zero-order valence-corrected chi connectivity index (χ0v) is 39.8. The van der Waals surface area contributed by atoms with E-state index >= 15 is 0 Å². The van der Waals surface area contributed by atoms with Crippen molar-refractivity contribution >= 4 is 82.0 Å². The lowest BCUT2D eigenvalue weighted by molar-refractivity contribution is -0.360. The minimum atomic E-state index is -1.58. The van der Waals surface area contributed by atoms with E-state index in [1.165, 1.54) is 42.6 Å². The Morgan fingerprint density at radius 3 is 1.58 bits per heavy atom. The molecule has 4 rings (SSSR count). The van der Waals surface area contributed by atoms with E-state index in [1.54, 1.807) is 0 Å². The van der Waals surface area contributed by atoms with Gasteiger partial charge in [0, 0.05) is 50.4 Å². The Morgan fingerprint density at radius 1 is 0.486 bits per heavy atom. The third kappa shape index (κ3) is 19.6. The summed E-state index contributed by atoms with van der Waals surface area (Å²) in [5, 5.41) is 65.4. The van der Waals surface area contributed by atoms with E-state index in [0.29, 0.717) is 11.1 Å². The Labute approximate surface area is 422 Å². The monoisotopic (exact) mass is 1030 g/mol. The summed E-state index contributed by atoms with van der Waals surface area (Å²) in [5.41, 5.74) is 7.00. The number of aliphatic carboxylic acids is 5. The number of aromatic amines is 1. The minimum Gasteiger partial charge on any atom is -0.481 e. The van der Waals surface area contributed by atoms with Crippen LogP contribution in [0.2, 0.25) is 0 Å². The zero-order chi connectivity index (χ0) is 54.3. The quantitative estimate of drug-likeness (QED) is 0.0317. The number of carboxylic acid groups (broad SMARTS) is 5. The number of fused-ring (bicyclic) bond motifs is 1. The third-order valence-corrected chi connectivity index (χ3v) is 11.3. The maximum absolute atomic E-state index is 13.7. The first-order valence-corrected chi connectivity index (χ1v) is 23.2. The summed E-state index contributed by atoms with van der Waals surface area (Å²) in [7, 11) is 0. The lowest BCUT2D eigenvalue weighted by atomic mass is 10.0. The Morgan fingerprint density at radius 2 is 1.00 bits per heavy atom. The van der Waals surface area contributed by atoms with Crippen LogP contribution in [0.5, 0.6) is 0 Å². The molecule has 5 atom stereocenters. The molecule has 74 heavy (non-hydrogen) atoms. The van der Waals surface area contributed by atoms with Crippen LogP contribution in [0.25, 0.3) is 10.8 Å². The van der Waals surface area contributed by atoms with E-state index in [0.717, 1.165) is 10.8 Å². The van der Waals surface area contributed by atoms with E-state index in [4.69, 9.17) is 10.8 Å². The smallest absolute Gasteiger partial charge is 0.326 e. The molecule has 4 aromatic rings. The number of carbonyl (C=O) groups is 11. The molecule has 0 aliphatic carbocycles. The molecule has 0 saturated carbocycles. The highest BCUT2D eigenvalue weighted by Crippen LogP contribution is 2.18. The second-order valence-electron chi connectivity index (χ2n) is 16.9. The average Bonchev–Trinajstić information content (AvgIpc) is 3.35. The molecule has 0 spiro atoms. The molecule has 0 fully saturated rings. The molecule has 0 aliphatic heterocycles. The number of pyridine rings is 1. The number of nitrogen functional groups attached to an aromatic ring is 1. The first kappa shape index (κ1) is 57.4. The van der Waals surface area contributed by atoms with Gasteiger partial charge in [-0.15, -0.1) is 0 Å². The first-order valence-electron chi connectivity index (χ1n) is 23.2. The van der Waals surface area contributed by atoms with E-state index in [9.17, 15) is 73.2 Å². The van der Waals surface area contributed by atoms with E-state index in [1.807, 2.05) is 42.5 Å². The number of amides is 7. The van der Waals surface area contributed by atoms with Gasteiger partial charge >= 0.3 is 35.9 Å². The fraction of sp³-hybridized carbons (Fsp3) is 0.347. The van der Waals surface area contributed by atoms with Crippen LogP contribution in [0.4, 0.5) is 10.6 Å². The molecule has 0 aliphatic rings. The average molecular weight is 1030 g/mol. The topological polar surface area (TPSA) is 413 Å². The van der Waals surface area contributed by atoms with Gasteiger partial charge in [0.25, 0.3) is 17.6 Å². The number of nitrogens with two attached hydrogens (primary N) is 1. The summed E-state index contributed by atoms with van der Waals surface area (Å²) >= 11 is 0. The summed E-state index contributed by atoms with van der Waals surface area (Å²) < 4.78 is 0. The van der Waals surface area contributed by atoms with Crippen molar-refractivity contribution in [2.45, 2.75) is 101 Å². The summed E-state index contributed by atoms with van der Waals surface area (Å²) in [6, 6.07) is 13.6. The van der Waals surface area contributed by atoms with Crippen LogP contribution in [0.15, 0.2) is 85.1 Å². The maximum Gasteiger partial charge on any atom is 0.326 e. The molecule has 25 heteroatoms. The Balaban J connectivity index is 1.38. The number of H-pyrrole nitrogens is 1. The number of hydrogen-bond acceptors (Lipinski definition) is 12. The Hall–Kier alpha value is -9.16. The highest BCUT2D eigenvalue weighted by atomic mass is 16.4. The summed E-state index contributed by atoms with van der Waals surface area (Å²) in [5.74, 6) is -10.2. The van der Waals surface area contributed by atoms with Gasteiger partial charge in [-0.05, 0) is 78.6 Å². The highest BCUT2D eigenvalue weighted by Gasteiger charge is 2.29. The Kier molecular flexibility index (Phi) is 22.2. The second kappa shape index (κ2) is 28.6. The van der Waals surface area contributed by atoms with Gasteiger partial charge in [-0.1, -0.05) is 54.6 Å². The molecular formula is C49H58N9O16+. The van der Waals surface area contributed by atoms with Crippen LogP contribution in [-0.2, 0) is 51.3 Å². The molecule has 1 heterocycles. The molecule has 1 aromatic heterocycles. The van der Waals surface area contributed by atoms with Gasteiger partial charge in [-0.2, -0.15) is 0 Å². The molecule has 0 saturated heterocycles. The van der Waals surface area contributed by atoms with Crippen molar-refractivity contribution in [2.24, 2.45) is 0 Å². The zero-order valence-electron chi connectivity index (χ0n) is 39.8. The van der Waals surface area contributed by atoms with Crippen molar-refractivity contribution in [3.63, 3.8) is 0 Å². The predicted molar refractivity (Wildman–Crippen MR) is 260 cm³/mol. The molecule has 3 aromatic carbocycles. The van der Waals surface area contributed by atoms with Crippen molar-refractivity contribution < 1.29 is 83.3 Å². The summed E-state index contributed by atoms with van der Waals surface area (Å²) in [6.45, 7) is -0.124. The molecule has 15 N–H and O–H groups in total. The molecule has 0 radical (unpaired) electrons. The van der Waals surface area contributed by atoms with Crippen molar-refractivity contribution in [1.82, 2.24) is 37.2 Å². The lowest BCUT2D eigenvalue weighted by Gasteiger charge is -2.23. The van der Waals surface area contributed by atoms with Gasteiger partial charge in [0.1, 0.15) is 36.4 Å². The molecule has 7 amide bonds. The fourth-order valence-electron chi connectivity index (χ4n) is 7.25. The van der Waals surface area contributed by atoms with E-state index in [2.05, 4.69) is 42.2 Å². The van der Waals surface area contributed by atoms with Crippen LogP contribution >= 0.6 is 0 Å². The Bertz CT molecular complexity index is 2680. The number of nitrogens with one attached hydrogen (secondary N) is 8. The largest absolute Gasteiger partial charge is 0.481 e. The third-order valence-electron chi connectivity index (χ3n) is 11.3. The van der Waals surface area contributed by atoms with Crippen molar-refractivity contribution in [2.75, 3.05) is 12.3 Å². The molecule has 394 valence electrons. The molecule has 4 unspecified atom stereocenters. The number of urea groups is 1. The van der Waals surface area contributed by atoms with Crippen LogP contribution in [0.1, 0.15) is 89.6 Å². The minimum absolute atomic E-state index is 0.0321. The lowest BCUT2D eigenvalue weighted by Crippen LogP contribution is -2.54. The number of rotatable bonds is 30. The predicted octanol–water partition coefficient (Wildman–Crippen LogP) is 0.563. The van der Waals surface area contributed by atoms with E-state index in [-0.39, 0.29) is 68.6 Å². The van der Waals surface area contributed by atoms with Gasteiger partial charge in [0.15, 0.2) is 0 Å².